The van der Waals surface area contributed by atoms with Crippen molar-refractivity contribution in [1.29, 1.82) is 0 Å². The number of hydrogen-bond donors (Lipinski definition) is 2. The molecule has 2 N–H and O–H groups in total. The van der Waals surface area contributed by atoms with E-state index in [0.29, 0.717) is 6.04 Å². The fraction of sp³-hybridized carbons (Fsp3) is 0.312. The lowest BCUT2D eigenvalue weighted by atomic mass is 10.0. The number of fused-ring (bicyclic) bond motifs is 2. The summed E-state index contributed by atoms with van der Waals surface area (Å²) in [5.41, 5.74) is 3.91. The molecule has 1 unspecified atom stereocenters. The Morgan fingerprint density at radius 3 is 2.95 bits per heavy atom. The van der Waals surface area contributed by atoms with Crippen molar-refractivity contribution in [3.05, 3.63) is 34.7 Å². The average molecular weight is 315 g/mol. The first-order chi connectivity index (χ1) is 10.3. The first-order valence-corrected chi connectivity index (χ1v) is 8.84. The molecular weight excluding hydrogens is 298 g/mol. The van der Waals surface area contributed by atoms with E-state index in [0.717, 1.165) is 23.5 Å². The van der Waals surface area contributed by atoms with Crippen LogP contribution in [0.5, 0.6) is 0 Å². The number of nitrogens with zero attached hydrogens (tertiary/aromatic N) is 1. The van der Waals surface area contributed by atoms with Crippen molar-refractivity contribution < 1.29 is 0 Å². The van der Waals surface area contributed by atoms with E-state index < -0.39 is 0 Å². The fourth-order valence-electron chi connectivity index (χ4n) is 2.97. The highest BCUT2D eigenvalue weighted by Crippen LogP contribution is 2.46. The van der Waals surface area contributed by atoms with Crippen molar-refractivity contribution in [3.8, 4) is 10.6 Å². The molecule has 21 heavy (non-hydrogen) atoms. The summed E-state index contributed by atoms with van der Waals surface area (Å²) in [7, 11) is 2.01. The summed E-state index contributed by atoms with van der Waals surface area (Å²) >= 11 is 3.66. The second-order valence-corrected chi connectivity index (χ2v) is 7.39. The molecule has 0 saturated heterocycles. The van der Waals surface area contributed by atoms with Gasteiger partial charge in [0.15, 0.2) is 0 Å². The zero-order valence-corrected chi connectivity index (χ0v) is 13.7. The topological polar surface area (TPSA) is 37.0 Å². The summed E-state index contributed by atoms with van der Waals surface area (Å²) in [4.78, 5) is 6.32. The summed E-state index contributed by atoms with van der Waals surface area (Å²) < 4.78 is 1.26. The highest BCUT2D eigenvalue weighted by molar-refractivity contribution is 7.22. The maximum atomic E-state index is 4.86. The van der Waals surface area contributed by atoms with E-state index >= 15 is 0 Å². The van der Waals surface area contributed by atoms with Crippen LogP contribution in [-0.4, -0.2) is 18.6 Å². The Morgan fingerprint density at radius 2 is 2.14 bits per heavy atom. The van der Waals surface area contributed by atoms with Crippen LogP contribution in [0.4, 0.5) is 5.00 Å². The smallest absolute Gasteiger partial charge is 0.127 e. The summed E-state index contributed by atoms with van der Waals surface area (Å²) in [6, 6.07) is 8.82. The lowest BCUT2D eigenvalue weighted by Crippen LogP contribution is -2.26. The van der Waals surface area contributed by atoms with Gasteiger partial charge in [-0.1, -0.05) is 12.1 Å². The van der Waals surface area contributed by atoms with E-state index in [9.17, 15) is 0 Å². The number of benzene rings is 1. The van der Waals surface area contributed by atoms with Gasteiger partial charge in [0.05, 0.1) is 15.2 Å². The number of aromatic nitrogens is 1. The molecule has 1 atom stereocenters. The van der Waals surface area contributed by atoms with Crippen LogP contribution in [0.1, 0.15) is 23.4 Å². The van der Waals surface area contributed by atoms with Crippen LogP contribution in [-0.2, 0) is 6.42 Å². The van der Waals surface area contributed by atoms with E-state index in [1.807, 2.05) is 18.4 Å². The minimum Gasteiger partial charge on any atom is -0.379 e. The minimum atomic E-state index is 0.439. The third-order valence-corrected chi connectivity index (χ3v) is 6.48. The lowest BCUT2D eigenvalue weighted by Gasteiger charge is -2.20. The number of thiophene rings is 1. The number of anilines is 1. The molecular formula is C16H17N3S2. The van der Waals surface area contributed by atoms with Gasteiger partial charge in [-0.25, -0.2) is 4.98 Å². The van der Waals surface area contributed by atoms with Gasteiger partial charge in [0.1, 0.15) is 5.01 Å². The van der Waals surface area contributed by atoms with Gasteiger partial charge in [-0.15, -0.1) is 22.7 Å². The van der Waals surface area contributed by atoms with Gasteiger partial charge in [-0.3, -0.25) is 0 Å². The molecule has 0 bridgehead atoms. The molecule has 1 aromatic carbocycles. The summed E-state index contributed by atoms with van der Waals surface area (Å²) in [6.45, 7) is 3.29. The van der Waals surface area contributed by atoms with E-state index in [2.05, 4.69) is 41.8 Å². The maximum absolute atomic E-state index is 4.86. The number of rotatable bonds is 2. The molecule has 108 valence electrons. The van der Waals surface area contributed by atoms with E-state index in [1.165, 1.54) is 25.7 Å². The Balaban J connectivity index is 1.94. The molecule has 1 aliphatic heterocycles. The van der Waals surface area contributed by atoms with Gasteiger partial charge in [-0.05, 0) is 37.6 Å². The number of thiazole rings is 1. The molecule has 3 aromatic rings. The van der Waals surface area contributed by atoms with Crippen LogP contribution in [0.2, 0.25) is 0 Å². The molecule has 3 nitrogen and oxygen atoms in total. The number of nitrogens with one attached hydrogen (secondary N) is 2. The standard InChI is InChI=1S/C16H17N3S2/c1-9-14-10(7-8-18-9)13(15(17-2)21-14)16-19-11-5-3-4-6-12(11)20-16/h3-6,9,17-18H,7-8H2,1-2H3. The Morgan fingerprint density at radius 1 is 1.29 bits per heavy atom. The van der Waals surface area contributed by atoms with Crippen LogP contribution in [0.25, 0.3) is 20.8 Å². The second kappa shape index (κ2) is 5.09. The quantitative estimate of drug-likeness (QED) is 0.741. The van der Waals surface area contributed by atoms with Crippen LogP contribution in [0, 0.1) is 0 Å². The van der Waals surface area contributed by atoms with Crippen LogP contribution in [0.3, 0.4) is 0 Å². The molecule has 4 rings (SSSR count). The lowest BCUT2D eigenvalue weighted by molar-refractivity contribution is 0.552. The van der Waals surface area contributed by atoms with Gasteiger partial charge in [-0.2, -0.15) is 0 Å². The van der Waals surface area contributed by atoms with Gasteiger partial charge in [0.2, 0.25) is 0 Å². The summed E-state index contributed by atoms with van der Waals surface area (Å²) in [6.07, 6.45) is 1.09. The molecule has 2 aromatic heterocycles. The Hall–Kier alpha value is -1.43. The monoisotopic (exact) mass is 315 g/mol. The maximum Gasteiger partial charge on any atom is 0.127 e. The molecule has 0 radical (unpaired) electrons. The third-order valence-electron chi connectivity index (χ3n) is 3.99. The van der Waals surface area contributed by atoms with Gasteiger partial charge < -0.3 is 10.6 Å². The highest BCUT2D eigenvalue weighted by Gasteiger charge is 2.26. The van der Waals surface area contributed by atoms with Crippen molar-refractivity contribution in [2.24, 2.45) is 0 Å². The van der Waals surface area contributed by atoms with Crippen molar-refractivity contribution in [3.63, 3.8) is 0 Å². The predicted molar refractivity (Wildman–Crippen MR) is 92.6 cm³/mol. The summed E-state index contributed by atoms with van der Waals surface area (Å²) in [5, 5.41) is 9.31. The normalized spacial score (nSPS) is 17.9. The molecule has 0 aliphatic carbocycles. The van der Waals surface area contributed by atoms with Gasteiger partial charge in [0.25, 0.3) is 0 Å². The van der Waals surface area contributed by atoms with Crippen molar-refractivity contribution in [1.82, 2.24) is 10.3 Å². The van der Waals surface area contributed by atoms with Crippen molar-refractivity contribution in [2.75, 3.05) is 18.9 Å². The van der Waals surface area contributed by atoms with Crippen molar-refractivity contribution in [2.45, 2.75) is 19.4 Å². The van der Waals surface area contributed by atoms with E-state index in [-0.39, 0.29) is 0 Å². The highest BCUT2D eigenvalue weighted by atomic mass is 32.1. The van der Waals surface area contributed by atoms with Crippen molar-refractivity contribution >= 4 is 37.9 Å². The van der Waals surface area contributed by atoms with Gasteiger partial charge in [0, 0.05) is 23.5 Å². The molecule has 0 fully saturated rings. The second-order valence-electron chi connectivity index (χ2n) is 5.31. The largest absolute Gasteiger partial charge is 0.379 e. The zero-order valence-electron chi connectivity index (χ0n) is 12.1. The molecule has 1 aliphatic rings. The minimum absolute atomic E-state index is 0.439. The number of hydrogen-bond acceptors (Lipinski definition) is 5. The molecule has 5 heteroatoms. The summed E-state index contributed by atoms with van der Waals surface area (Å²) in [5.74, 6) is 0. The Kier molecular flexibility index (Phi) is 3.21. The first kappa shape index (κ1) is 13.2. The fourth-order valence-corrected chi connectivity index (χ4v) is 5.31. The Labute approximate surface area is 132 Å². The van der Waals surface area contributed by atoms with Crippen LogP contribution in [0.15, 0.2) is 24.3 Å². The first-order valence-electron chi connectivity index (χ1n) is 7.20. The van der Waals surface area contributed by atoms with E-state index in [1.54, 1.807) is 11.3 Å². The zero-order chi connectivity index (χ0) is 14.4. The predicted octanol–water partition coefficient (Wildman–Crippen LogP) is 4.27. The number of para-hydroxylation sites is 1. The van der Waals surface area contributed by atoms with E-state index in [4.69, 9.17) is 4.98 Å². The molecule has 3 heterocycles. The third kappa shape index (κ3) is 2.08. The van der Waals surface area contributed by atoms with Crippen LogP contribution >= 0.6 is 22.7 Å². The SMILES string of the molecule is CNc1sc2c(c1-c1nc3ccccc3s1)CCNC2C. The van der Waals surface area contributed by atoms with Crippen LogP contribution < -0.4 is 10.6 Å². The molecule has 0 saturated carbocycles. The average Bonchev–Trinajstić information content (AvgIpc) is 3.08. The Bertz CT molecular complexity index is 770. The van der Waals surface area contributed by atoms with Gasteiger partial charge >= 0.3 is 0 Å². The molecule has 0 amide bonds. The molecule has 0 spiro atoms.